The molecular weight excluding hydrogens is 430 g/mol. The van der Waals surface area contributed by atoms with Crippen LogP contribution in [-0.2, 0) is 20.1 Å². The van der Waals surface area contributed by atoms with Gasteiger partial charge in [-0.3, -0.25) is 9.59 Å². The van der Waals surface area contributed by atoms with Gasteiger partial charge in [-0.1, -0.05) is 36.0 Å². The van der Waals surface area contributed by atoms with Gasteiger partial charge in [0.15, 0.2) is 12.7 Å². The van der Waals surface area contributed by atoms with Gasteiger partial charge in [-0.05, 0) is 29.8 Å². The number of nitrogens with zero attached hydrogens (tertiary/aromatic N) is 1. The van der Waals surface area contributed by atoms with Crippen LogP contribution in [0.5, 0.6) is 5.75 Å². The first kappa shape index (κ1) is 22.5. The first-order valence-electron chi connectivity index (χ1n) is 9.32. The van der Waals surface area contributed by atoms with Crippen molar-refractivity contribution in [3.8, 4) is 5.75 Å². The van der Waals surface area contributed by atoms with E-state index in [9.17, 15) is 23.2 Å². The Morgan fingerprint density at radius 2 is 1.90 bits per heavy atom. The molecule has 0 aliphatic carbocycles. The van der Waals surface area contributed by atoms with Gasteiger partial charge in [-0.15, -0.1) is 0 Å². The molecular formula is C21H20F2N2O5S. The summed E-state index contributed by atoms with van der Waals surface area (Å²) < 4.78 is 35.3. The quantitative estimate of drug-likeness (QED) is 0.653. The van der Waals surface area contributed by atoms with Crippen LogP contribution < -0.4 is 15.0 Å². The van der Waals surface area contributed by atoms with E-state index < -0.39 is 30.3 Å². The van der Waals surface area contributed by atoms with Crippen LogP contribution in [-0.4, -0.2) is 49.8 Å². The number of amides is 2. The Morgan fingerprint density at radius 1 is 1.19 bits per heavy atom. The van der Waals surface area contributed by atoms with Crippen molar-refractivity contribution in [2.24, 2.45) is 0 Å². The molecule has 0 radical (unpaired) electrons. The van der Waals surface area contributed by atoms with Gasteiger partial charge in [-0.25, -0.2) is 4.79 Å². The number of nitrogens with one attached hydrogen (secondary N) is 1. The zero-order valence-electron chi connectivity index (χ0n) is 16.5. The van der Waals surface area contributed by atoms with Crippen molar-refractivity contribution in [1.82, 2.24) is 5.32 Å². The number of anilines is 1. The van der Waals surface area contributed by atoms with Crippen LogP contribution in [0, 0.1) is 0 Å². The normalized spacial score (nSPS) is 15.1. The number of hydrogen-bond donors (Lipinski definition) is 1. The molecule has 0 unspecified atom stereocenters. The number of ether oxygens (including phenoxy) is 2. The molecule has 0 spiro atoms. The molecule has 3 rings (SSSR count). The summed E-state index contributed by atoms with van der Waals surface area (Å²) in [5, 5.41) is 2.49. The Balaban J connectivity index is 1.63. The average molecular weight is 450 g/mol. The van der Waals surface area contributed by atoms with E-state index in [-0.39, 0.29) is 23.8 Å². The van der Waals surface area contributed by atoms with Gasteiger partial charge in [-0.2, -0.15) is 8.78 Å². The number of carbonyl (C=O) groups is 3. The summed E-state index contributed by atoms with van der Waals surface area (Å²) in [6.07, 6.45) is -0.891. The number of carbonyl (C=O) groups excluding carboxylic acids is 3. The van der Waals surface area contributed by atoms with Gasteiger partial charge < -0.3 is 19.7 Å². The van der Waals surface area contributed by atoms with Crippen LogP contribution in [0.1, 0.15) is 15.9 Å². The molecule has 7 nitrogen and oxygen atoms in total. The molecule has 164 valence electrons. The first-order chi connectivity index (χ1) is 14.9. The third kappa shape index (κ3) is 5.72. The molecule has 2 aromatic rings. The van der Waals surface area contributed by atoms with E-state index in [2.05, 4.69) is 5.32 Å². The number of alkyl halides is 2. The van der Waals surface area contributed by atoms with E-state index >= 15 is 0 Å². The lowest BCUT2D eigenvalue weighted by molar-refractivity contribution is -0.128. The molecule has 1 N–H and O–H groups in total. The maximum Gasteiger partial charge on any atom is 0.338 e. The lowest BCUT2D eigenvalue weighted by atomic mass is 10.1. The molecule has 1 heterocycles. The van der Waals surface area contributed by atoms with Crippen molar-refractivity contribution in [2.75, 3.05) is 25.1 Å². The van der Waals surface area contributed by atoms with Gasteiger partial charge in [0.1, 0.15) is 5.75 Å². The fourth-order valence-electron chi connectivity index (χ4n) is 2.95. The molecule has 1 aliphatic heterocycles. The van der Waals surface area contributed by atoms with Crippen LogP contribution >= 0.6 is 11.8 Å². The Morgan fingerprint density at radius 3 is 2.58 bits per heavy atom. The molecule has 0 fully saturated rings. The largest absolute Gasteiger partial charge is 0.477 e. The highest BCUT2D eigenvalue weighted by molar-refractivity contribution is 7.98. The van der Waals surface area contributed by atoms with Crippen molar-refractivity contribution in [3.05, 3.63) is 59.7 Å². The van der Waals surface area contributed by atoms with Crippen molar-refractivity contribution in [2.45, 2.75) is 17.6 Å². The highest BCUT2D eigenvalue weighted by Gasteiger charge is 2.33. The second kappa shape index (κ2) is 10.3. The molecule has 2 aromatic carbocycles. The van der Waals surface area contributed by atoms with Crippen molar-refractivity contribution in [3.63, 3.8) is 0 Å². The second-order valence-corrected chi connectivity index (χ2v) is 7.52. The fourth-order valence-corrected chi connectivity index (χ4v) is 3.46. The van der Waals surface area contributed by atoms with Crippen LogP contribution in [0.4, 0.5) is 14.5 Å². The number of thioether (sulfide) groups is 1. The lowest BCUT2D eigenvalue weighted by Crippen LogP contribution is -2.51. The third-order valence-electron chi connectivity index (χ3n) is 4.51. The first-order valence-corrected chi connectivity index (χ1v) is 10.4. The van der Waals surface area contributed by atoms with E-state index in [0.717, 1.165) is 0 Å². The standard InChI is InChI=1S/C21H20F2N2O5S/c1-24-19(27)17-10-25(15-4-2-3-5-16(15)30-17)18(26)11-29-20(28)14-8-6-13(7-9-14)12-31-21(22)23/h2-9,17,21H,10-12H2,1H3,(H,24,27)/t17-/m0/s1. The van der Waals surface area contributed by atoms with Gasteiger partial charge in [0.2, 0.25) is 0 Å². The Kier molecular flexibility index (Phi) is 7.45. The highest BCUT2D eigenvalue weighted by Crippen LogP contribution is 2.33. The molecule has 0 saturated carbocycles. The number of benzene rings is 2. The van der Waals surface area contributed by atoms with Gasteiger partial charge in [0, 0.05) is 12.8 Å². The Bertz CT molecular complexity index is 955. The zero-order chi connectivity index (χ0) is 22.4. The highest BCUT2D eigenvalue weighted by atomic mass is 32.2. The summed E-state index contributed by atoms with van der Waals surface area (Å²) in [5.74, 6) is -3.58. The Hall–Kier alpha value is -3.14. The Labute approximate surface area is 181 Å². The summed E-state index contributed by atoms with van der Waals surface area (Å²) in [5.41, 5.74) is 1.32. The number of rotatable bonds is 7. The SMILES string of the molecule is CNC(=O)[C@@H]1CN(C(=O)COC(=O)c2ccc(CSC(F)F)cc2)c2ccccc2O1. The molecule has 10 heteroatoms. The number of fused-ring (bicyclic) bond motifs is 1. The lowest BCUT2D eigenvalue weighted by Gasteiger charge is -2.33. The molecule has 0 aromatic heterocycles. The van der Waals surface area contributed by atoms with Crippen LogP contribution in [0.15, 0.2) is 48.5 Å². The summed E-state index contributed by atoms with van der Waals surface area (Å²) in [4.78, 5) is 38.4. The number of para-hydroxylation sites is 2. The van der Waals surface area contributed by atoms with Crippen LogP contribution in [0.3, 0.4) is 0 Å². The summed E-state index contributed by atoms with van der Waals surface area (Å²) >= 11 is 0.488. The minimum absolute atomic E-state index is 0.0242. The second-order valence-electron chi connectivity index (χ2n) is 6.54. The minimum atomic E-state index is -2.47. The van der Waals surface area contributed by atoms with Crippen molar-refractivity contribution < 1.29 is 32.6 Å². The monoisotopic (exact) mass is 450 g/mol. The molecule has 1 atom stereocenters. The summed E-state index contributed by atoms with van der Waals surface area (Å²) in [6, 6.07) is 12.8. The van der Waals surface area contributed by atoms with Crippen molar-refractivity contribution >= 4 is 35.2 Å². The average Bonchev–Trinajstić information content (AvgIpc) is 2.79. The molecule has 0 saturated heterocycles. The number of hydrogen-bond acceptors (Lipinski definition) is 6. The van der Waals surface area contributed by atoms with Gasteiger partial charge in [0.25, 0.3) is 17.6 Å². The van der Waals surface area contributed by atoms with E-state index in [1.54, 1.807) is 36.4 Å². The van der Waals surface area contributed by atoms with E-state index in [0.29, 0.717) is 28.8 Å². The number of likely N-dealkylation sites (N-methyl/N-ethyl adjacent to an activating group) is 1. The van der Waals surface area contributed by atoms with Gasteiger partial charge >= 0.3 is 5.97 Å². The maximum absolute atomic E-state index is 12.7. The van der Waals surface area contributed by atoms with Crippen LogP contribution in [0.2, 0.25) is 0 Å². The molecule has 0 bridgehead atoms. The van der Waals surface area contributed by atoms with E-state index in [1.165, 1.54) is 24.1 Å². The summed E-state index contributed by atoms with van der Waals surface area (Å²) in [7, 11) is 1.47. The van der Waals surface area contributed by atoms with Crippen LogP contribution in [0.25, 0.3) is 0 Å². The predicted octanol–water partition coefficient (Wildman–Crippen LogP) is 2.84. The van der Waals surface area contributed by atoms with E-state index in [1.807, 2.05) is 0 Å². The van der Waals surface area contributed by atoms with Gasteiger partial charge in [0.05, 0.1) is 17.8 Å². The molecule has 31 heavy (non-hydrogen) atoms. The molecule has 1 aliphatic rings. The topological polar surface area (TPSA) is 84.9 Å². The number of halogens is 2. The smallest absolute Gasteiger partial charge is 0.338 e. The summed E-state index contributed by atoms with van der Waals surface area (Å²) in [6.45, 7) is -0.555. The maximum atomic E-state index is 12.7. The predicted molar refractivity (Wildman–Crippen MR) is 111 cm³/mol. The third-order valence-corrected chi connectivity index (χ3v) is 5.26. The number of esters is 1. The van der Waals surface area contributed by atoms with Crippen molar-refractivity contribution in [1.29, 1.82) is 0 Å². The minimum Gasteiger partial charge on any atom is -0.477 e. The van der Waals surface area contributed by atoms with E-state index in [4.69, 9.17) is 9.47 Å². The fraction of sp³-hybridized carbons (Fsp3) is 0.286. The molecule has 2 amide bonds. The zero-order valence-corrected chi connectivity index (χ0v) is 17.4.